The van der Waals surface area contributed by atoms with E-state index in [1.165, 1.54) is 0 Å². The van der Waals surface area contributed by atoms with Crippen molar-refractivity contribution in [2.45, 2.75) is 72.3 Å². The number of amides is 2. The Balaban J connectivity index is 1.27. The van der Waals surface area contributed by atoms with Gasteiger partial charge in [-0.05, 0) is 46.8 Å². The zero-order valence-corrected chi connectivity index (χ0v) is 22.6. The summed E-state index contributed by atoms with van der Waals surface area (Å²) in [6.07, 6.45) is 0.943. The molecule has 0 saturated carbocycles. The molecule has 1 saturated heterocycles. The van der Waals surface area contributed by atoms with Crippen molar-refractivity contribution in [1.82, 2.24) is 24.4 Å². The monoisotopic (exact) mass is 525 g/mol. The number of aromatic nitrogens is 3. The summed E-state index contributed by atoms with van der Waals surface area (Å²) >= 11 is 6.36. The van der Waals surface area contributed by atoms with Gasteiger partial charge in [-0.2, -0.15) is 5.10 Å². The average molecular weight is 526 g/mol. The van der Waals surface area contributed by atoms with Crippen LogP contribution >= 0.6 is 11.6 Å². The Labute approximate surface area is 221 Å². The first kappa shape index (κ1) is 25.3. The number of nitrogens with zero attached hydrogens (tertiary/aromatic N) is 5. The summed E-state index contributed by atoms with van der Waals surface area (Å²) in [7, 11) is 0. The van der Waals surface area contributed by atoms with Crippen LogP contribution in [0.15, 0.2) is 24.3 Å². The van der Waals surface area contributed by atoms with E-state index < -0.39 is 5.60 Å². The van der Waals surface area contributed by atoms with Crippen molar-refractivity contribution < 1.29 is 19.1 Å². The topological polar surface area (TPSA) is 89.3 Å². The highest BCUT2D eigenvalue weighted by Crippen LogP contribution is 2.32. The molecule has 1 aromatic carbocycles. The van der Waals surface area contributed by atoms with E-state index in [1.54, 1.807) is 20.4 Å². The Bertz CT molecular complexity index is 1370. The van der Waals surface area contributed by atoms with Gasteiger partial charge in [-0.15, -0.1) is 0 Å². The number of fused-ring (bicyclic) bond motifs is 3. The summed E-state index contributed by atoms with van der Waals surface area (Å²) in [5, 5.41) is 5.28. The molecule has 0 spiro atoms. The summed E-state index contributed by atoms with van der Waals surface area (Å²) in [6, 6.07) is 7.33. The SMILES string of the molecule is Cc1nc2c3c(nn2c(C)c1Cl)CN(C(=O)c1ccccc1OC1CCN(C(=O)OC(C)(C)C)CC1)C3. The van der Waals surface area contributed by atoms with E-state index in [0.29, 0.717) is 55.4 Å². The molecular formula is C27H32ClN5O4. The molecule has 2 aromatic heterocycles. The van der Waals surface area contributed by atoms with E-state index in [2.05, 4.69) is 10.1 Å². The van der Waals surface area contributed by atoms with Crippen LogP contribution in [-0.4, -0.2) is 61.2 Å². The van der Waals surface area contributed by atoms with E-state index in [0.717, 1.165) is 28.3 Å². The molecule has 3 aromatic rings. The van der Waals surface area contributed by atoms with Crippen LogP contribution in [0.4, 0.5) is 4.79 Å². The number of halogens is 1. The molecule has 2 amide bonds. The molecule has 0 atom stereocenters. The molecule has 2 aliphatic heterocycles. The fraction of sp³-hybridized carbons (Fsp3) is 0.481. The highest BCUT2D eigenvalue weighted by atomic mass is 35.5. The standard InChI is InChI=1S/C27H32ClN5O4/c1-16-23(28)17(2)33-24(29-16)20-14-32(15-21(20)30-33)25(34)19-8-6-7-9-22(19)36-18-10-12-31(13-11-18)26(35)37-27(3,4)5/h6-9,18H,10-15H2,1-5H3. The molecule has 0 bridgehead atoms. The number of hydrogen-bond acceptors (Lipinski definition) is 6. The molecule has 1 fully saturated rings. The van der Waals surface area contributed by atoms with Crippen molar-refractivity contribution in [1.29, 1.82) is 0 Å². The van der Waals surface area contributed by atoms with Crippen molar-refractivity contribution in [3.63, 3.8) is 0 Å². The van der Waals surface area contributed by atoms with E-state index in [1.807, 2.05) is 52.8 Å². The Hall–Kier alpha value is -3.33. The molecule has 37 heavy (non-hydrogen) atoms. The second-order valence-corrected chi connectivity index (χ2v) is 11.1. The van der Waals surface area contributed by atoms with Crippen LogP contribution in [0.25, 0.3) is 5.65 Å². The van der Waals surface area contributed by atoms with Gasteiger partial charge >= 0.3 is 6.09 Å². The van der Waals surface area contributed by atoms with E-state index in [4.69, 9.17) is 21.1 Å². The lowest BCUT2D eigenvalue weighted by Crippen LogP contribution is -2.44. The lowest BCUT2D eigenvalue weighted by Gasteiger charge is -2.33. The van der Waals surface area contributed by atoms with Gasteiger partial charge in [0.1, 0.15) is 17.5 Å². The normalized spacial score (nSPS) is 16.3. The summed E-state index contributed by atoms with van der Waals surface area (Å²) in [6.45, 7) is 11.3. The summed E-state index contributed by atoms with van der Waals surface area (Å²) in [4.78, 5) is 34.1. The molecule has 5 rings (SSSR count). The van der Waals surface area contributed by atoms with Gasteiger partial charge in [0, 0.05) is 31.5 Å². The van der Waals surface area contributed by atoms with Crippen LogP contribution in [0.5, 0.6) is 5.75 Å². The number of aryl methyl sites for hydroxylation is 2. The largest absolute Gasteiger partial charge is 0.489 e. The third kappa shape index (κ3) is 4.97. The zero-order chi connectivity index (χ0) is 26.5. The van der Waals surface area contributed by atoms with E-state index in [9.17, 15) is 9.59 Å². The van der Waals surface area contributed by atoms with E-state index >= 15 is 0 Å². The number of carbonyl (C=O) groups excluding carboxylic acids is 2. The van der Waals surface area contributed by atoms with Gasteiger partial charge in [-0.25, -0.2) is 14.3 Å². The molecule has 2 aliphatic rings. The highest BCUT2D eigenvalue weighted by Gasteiger charge is 2.33. The third-order valence-electron chi connectivity index (χ3n) is 6.75. The second kappa shape index (κ2) is 9.52. The summed E-state index contributed by atoms with van der Waals surface area (Å²) in [5.74, 6) is 0.443. The maximum atomic E-state index is 13.6. The summed E-state index contributed by atoms with van der Waals surface area (Å²) in [5.41, 5.74) is 4.10. The predicted molar refractivity (Wildman–Crippen MR) is 139 cm³/mol. The predicted octanol–water partition coefficient (Wildman–Crippen LogP) is 4.93. The van der Waals surface area contributed by atoms with Gasteiger partial charge in [0.2, 0.25) is 0 Å². The minimum atomic E-state index is -0.525. The van der Waals surface area contributed by atoms with Gasteiger partial charge < -0.3 is 19.3 Å². The molecule has 10 heteroatoms. The second-order valence-electron chi connectivity index (χ2n) is 10.7. The Morgan fingerprint density at radius 3 is 2.46 bits per heavy atom. The quantitative estimate of drug-likeness (QED) is 0.481. The Kier molecular flexibility index (Phi) is 6.52. The number of carbonyl (C=O) groups is 2. The Morgan fingerprint density at radius 2 is 1.76 bits per heavy atom. The number of benzene rings is 1. The first-order chi connectivity index (χ1) is 17.5. The minimum Gasteiger partial charge on any atom is -0.489 e. The fourth-order valence-electron chi connectivity index (χ4n) is 4.84. The molecule has 9 nitrogen and oxygen atoms in total. The number of hydrogen-bond donors (Lipinski definition) is 0. The maximum absolute atomic E-state index is 13.6. The van der Waals surface area contributed by atoms with Crippen LogP contribution in [0.3, 0.4) is 0 Å². The van der Waals surface area contributed by atoms with Crippen molar-refractivity contribution in [3.8, 4) is 5.75 Å². The van der Waals surface area contributed by atoms with Crippen molar-refractivity contribution in [2.24, 2.45) is 0 Å². The highest BCUT2D eigenvalue weighted by molar-refractivity contribution is 6.31. The number of piperidine rings is 1. The van der Waals surface area contributed by atoms with Crippen molar-refractivity contribution in [3.05, 3.63) is 57.5 Å². The van der Waals surface area contributed by atoms with Crippen LogP contribution in [0, 0.1) is 13.8 Å². The van der Waals surface area contributed by atoms with Crippen molar-refractivity contribution in [2.75, 3.05) is 13.1 Å². The van der Waals surface area contributed by atoms with E-state index in [-0.39, 0.29) is 18.1 Å². The Morgan fingerprint density at radius 1 is 1.05 bits per heavy atom. The minimum absolute atomic E-state index is 0.0903. The molecule has 0 aliphatic carbocycles. The molecule has 4 heterocycles. The van der Waals surface area contributed by atoms with Crippen LogP contribution in [0.2, 0.25) is 5.02 Å². The number of ether oxygens (including phenoxy) is 2. The van der Waals surface area contributed by atoms with Gasteiger partial charge in [0.25, 0.3) is 5.91 Å². The van der Waals surface area contributed by atoms with Crippen LogP contribution in [0.1, 0.15) is 66.6 Å². The lowest BCUT2D eigenvalue weighted by atomic mass is 10.1. The molecular weight excluding hydrogens is 494 g/mol. The smallest absolute Gasteiger partial charge is 0.410 e. The van der Waals surface area contributed by atoms with Crippen molar-refractivity contribution >= 4 is 29.2 Å². The van der Waals surface area contributed by atoms with Gasteiger partial charge in [0.05, 0.1) is 40.8 Å². The first-order valence-electron chi connectivity index (χ1n) is 12.6. The van der Waals surface area contributed by atoms with Gasteiger partial charge in [0.15, 0.2) is 5.65 Å². The average Bonchev–Trinajstić information content (AvgIpc) is 3.41. The molecule has 0 unspecified atom stereocenters. The van der Waals surface area contributed by atoms with Crippen LogP contribution < -0.4 is 4.74 Å². The summed E-state index contributed by atoms with van der Waals surface area (Å²) < 4.78 is 13.5. The van der Waals surface area contributed by atoms with Crippen LogP contribution in [-0.2, 0) is 17.8 Å². The first-order valence-corrected chi connectivity index (χ1v) is 13.0. The third-order valence-corrected chi connectivity index (χ3v) is 7.29. The number of likely N-dealkylation sites (tertiary alicyclic amines) is 1. The fourth-order valence-corrected chi connectivity index (χ4v) is 4.96. The maximum Gasteiger partial charge on any atom is 0.410 e. The lowest BCUT2D eigenvalue weighted by molar-refractivity contribution is 0.0126. The van der Waals surface area contributed by atoms with Gasteiger partial charge in [-0.3, -0.25) is 4.79 Å². The molecule has 0 N–H and O–H groups in total. The number of para-hydroxylation sites is 1. The number of rotatable bonds is 3. The molecule has 196 valence electrons. The zero-order valence-electron chi connectivity index (χ0n) is 21.9. The molecule has 0 radical (unpaired) electrons. The van der Waals surface area contributed by atoms with Gasteiger partial charge in [-0.1, -0.05) is 23.7 Å².